The van der Waals surface area contributed by atoms with Gasteiger partial charge in [-0.15, -0.1) is 0 Å². The van der Waals surface area contributed by atoms with Gasteiger partial charge in [-0.25, -0.2) is 4.98 Å². The van der Waals surface area contributed by atoms with Gasteiger partial charge in [0.15, 0.2) is 0 Å². The molecule has 0 atom stereocenters. The molecule has 22 heavy (non-hydrogen) atoms. The van der Waals surface area contributed by atoms with E-state index in [1.807, 2.05) is 43.6 Å². The maximum absolute atomic E-state index is 11.6. The number of hydrogen-bond donors (Lipinski definition) is 1. The SMILES string of the molecule is CSCC(=O)NCc1cccnc1N(C)Cc1ccccc1. The Morgan fingerprint density at radius 3 is 2.73 bits per heavy atom. The van der Waals surface area contributed by atoms with Crippen molar-refractivity contribution in [2.45, 2.75) is 13.1 Å². The van der Waals surface area contributed by atoms with Crippen molar-refractivity contribution in [3.63, 3.8) is 0 Å². The molecule has 0 radical (unpaired) electrons. The van der Waals surface area contributed by atoms with Crippen molar-refractivity contribution in [1.29, 1.82) is 0 Å². The molecule has 1 heterocycles. The quantitative estimate of drug-likeness (QED) is 0.853. The third-order valence-electron chi connectivity index (χ3n) is 3.24. The predicted octanol–water partition coefficient (Wildman–Crippen LogP) is 2.70. The lowest BCUT2D eigenvalue weighted by molar-refractivity contribution is -0.118. The van der Waals surface area contributed by atoms with Crippen LogP contribution in [0.2, 0.25) is 0 Å². The minimum Gasteiger partial charge on any atom is -0.355 e. The Hall–Kier alpha value is -2.01. The summed E-state index contributed by atoms with van der Waals surface area (Å²) in [5, 5.41) is 2.93. The third-order valence-corrected chi connectivity index (χ3v) is 3.79. The van der Waals surface area contributed by atoms with Gasteiger partial charge in [-0.05, 0) is 17.9 Å². The average Bonchev–Trinajstić information content (AvgIpc) is 2.54. The first-order valence-electron chi connectivity index (χ1n) is 7.15. The molecule has 1 N–H and O–H groups in total. The van der Waals surface area contributed by atoms with Crippen molar-refractivity contribution < 1.29 is 4.79 Å². The van der Waals surface area contributed by atoms with Crippen LogP contribution in [0.1, 0.15) is 11.1 Å². The van der Waals surface area contributed by atoms with Gasteiger partial charge >= 0.3 is 0 Å². The molecule has 0 aliphatic rings. The Kier molecular flexibility index (Phi) is 6.27. The predicted molar refractivity (Wildman–Crippen MR) is 93.0 cm³/mol. The highest BCUT2D eigenvalue weighted by Crippen LogP contribution is 2.18. The summed E-state index contributed by atoms with van der Waals surface area (Å²) in [6, 6.07) is 14.2. The van der Waals surface area contributed by atoms with Crippen LogP contribution in [0.4, 0.5) is 5.82 Å². The van der Waals surface area contributed by atoms with E-state index in [9.17, 15) is 4.79 Å². The topological polar surface area (TPSA) is 45.2 Å². The van der Waals surface area contributed by atoms with Gasteiger partial charge < -0.3 is 10.2 Å². The number of aromatic nitrogens is 1. The van der Waals surface area contributed by atoms with Crippen molar-refractivity contribution in [3.8, 4) is 0 Å². The number of carbonyl (C=O) groups excluding carboxylic acids is 1. The number of anilines is 1. The molecule has 1 amide bonds. The van der Waals surface area contributed by atoms with Crippen LogP contribution in [0.3, 0.4) is 0 Å². The van der Waals surface area contributed by atoms with Crippen LogP contribution in [0, 0.1) is 0 Å². The fourth-order valence-electron chi connectivity index (χ4n) is 2.22. The summed E-state index contributed by atoms with van der Waals surface area (Å²) >= 11 is 1.52. The summed E-state index contributed by atoms with van der Waals surface area (Å²) in [7, 11) is 2.02. The minimum atomic E-state index is 0.0491. The van der Waals surface area contributed by atoms with E-state index in [1.54, 1.807) is 6.20 Å². The molecule has 0 spiro atoms. The van der Waals surface area contributed by atoms with Gasteiger partial charge in [0.25, 0.3) is 0 Å². The molecule has 5 heteroatoms. The standard InChI is InChI=1S/C17H21N3OS/c1-20(12-14-7-4-3-5-8-14)17-15(9-6-10-18-17)11-19-16(21)13-22-2/h3-10H,11-13H2,1-2H3,(H,19,21). The number of benzene rings is 1. The Bertz CT molecular complexity index is 604. The molecule has 0 aliphatic carbocycles. The second-order valence-corrected chi connectivity index (χ2v) is 5.90. The molecule has 2 rings (SSSR count). The van der Waals surface area contributed by atoms with Crippen LogP contribution in [0.25, 0.3) is 0 Å². The van der Waals surface area contributed by atoms with Crippen molar-refractivity contribution in [2.24, 2.45) is 0 Å². The van der Waals surface area contributed by atoms with Crippen molar-refractivity contribution >= 4 is 23.5 Å². The molecule has 0 fully saturated rings. The normalized spacial score (nSPS) is 10.3. The number of pyridine rings is 1. The van der Waals surface area contributed by atoms with Crippen LogP contribution in [-0.4, -0.2) is 29.9 Å². The zero-order valence-corrected chi connectivity index (χ0v) is 13.8. The van der Waals surface area contributed by atoms with Gasteiger partial charge in [0.05, 0.1) is 5.75 Å². The smallest absolute Gasteiger partial charge is 0.230 e. The molecule has 2 aromatic rings. The lowest BCUT2D eigenvalue weighted by Gasteiger charge is -2.21. The van der Waals surface area contributed by atoms with Gasteiger partial charge in [-0.3, -0.25) is 4.79 Å². The number of rotatable bonds is 7. The first kappa shape index (κ1) is 16.4. The van der Waals surface area contributed by atoms with E-state index in [0.717, 1.165) is 17.9 Å². The Labute approximate surface area is 135 Å². The van der Waals surface area contributed by atoms with E-state index in [2.05, 4.69) is 27.3 Å². The number of nitrogens with one attached hydrogen (secondary N) is 1. The Balaban J connectivity index is 2.05. The number of carbonyl (C=O) groups is 1. The van der Waals surface area contributed by atoms with E-state index >= 15 is 0 Å². The fraction of sp³-hybridized carbons (Fsp3) is 0.294. The number of hydrogen-bond acceptors (Lipinski definition) is 4. The molecule has 0 bridgehead atoms. The maximum Gasteiger partial charge on any atom is 0.230 e. The molecule has 1 aromatic carbocycles. The highest BCUT2D eigenvalue weighted by Gasteiger charge is 2.10. The monoisotopic (exact) mass is 315 g/mol. The maximum atomic E-state index is 11.6. The summed E-state index contributed by atoms with van der Waals surface area (Å²) in [5.74, 6) is 1.43. The number of nitrogens with zero attached hydrogens (tertiary/aromatic N) is 2. The van der Waals surface area contributed by atoms with Crippen molar-refractivity contribution in [3.05, 3.63) is 59.8 Å². The van der Waals surface area contributed by atoms with Gasteiger partial charge in [0.2, 0.25) is 5.91 Å². The molecule has 1 aromatic heterocycles. The summed E-state index contributed by atoms with van der Waals surface area (Å²) in [6.45, 7) is 1.28. The third kappa shape index (κ3) is 4.77. The molecule has 116 valence electrons. The van der Waals surface area contributed by atoms with Crippen LogP contribution in [-0.2, 0) is 17.9 Å². The van der Waals surface area contributed by atoms with Gasteiger partial charge in [0, 0.05) is 31.9 Å². The lowest BCUT2D eigenvalue weighted by atomic mass is 10.2. The number of amides is 1. The van der Waals surface area contributed by atoms with Crippen LogP contribution in [0.5, 0.6) is 0 Å². The van der Waals surface area contributed by atoms with E-state index < -0.39 is 0 Å². The second kappa shape index (κ2) is 8.44. The highest BCUT2D eigenvalue weighted by molar-refractivity contribution is 7.99. The van der Waals surface area contributed by atoms with E-state index in [-0.39, 0.29) is 5.91 Å². The molecule has 0 aliphatic heterocycles. The summed E-state index contributed by atoms with van der Waals surface area (Å²) < 4.78 is 0. The van der Waals surface area contributed by atoms with Gasteiger partial charge in [-0.1, -0.05) is 36.4 Å². The molecular weight excluding hydrogens is 294 g/mol. The lowest BCUT2D eigenvalue weighted by Crippen LogP contribution is -2.26. The van der Waals surface area contributed by atoms with Crippen LogP contribution < -0.4 is 10.2 Å². The molecule has 0 saturated heterocycles. The Morgan fingerprint density at radius 1 is 1.23 bits per heavy atom. The van der Waals surface area contributed by atoms with Crippen LogP contribution >= 0.6 is 11.8 Å². The van der Waals surface area contributed by atoms with E-state index in [1.165, 1.54) is 17.3 Å². The average molecular weight is 315 g/mol. The summed E-state index contributed by atoms with van der Waals surface area (Å²) in [4.78, 5) is 18.2. The van der Waals surface area contributed by atoms with Crippen LogP contribution in [0.15, 0.2) is 48.7 Å². The zero-order chi connectivity index (χ0) is 15.8. The first-order valence-corrected chi connectivity index (χ1v) is 8.54. The summed E-state index contributed by atoms with van der Waals surface area (Å²) in [5.41, 5.74) is 2.25. The number of thioether (sulfide) groups is 1. The largest absolute Gasteiger partial charge is 0.355 e. The van der Waals surface area contributed by atoms with Crippen molar-refractivity contribution in [1.82, 2.24) is 10.3 Å². The fourth-order valence-corrected chi connectivity index (χ4v) is 2.58. The van der Waals surface area contributed by atoms with E-state index in [4.69, 9.17) is 0 Å². The first-order chi connectivity index (χ1) is 10.7. The second-order valence-electron chi connectivity index (χ2n) is 5.04. The van der Waals surface area contributed by atoms with Gasteiger partial charge in [-0.2, -0.15) is 11.8 Å². The molecular formula is C17H21N3OS. The van der Waals surface area contributed by atoms with E-state index in [0.29, 0.717) is 12.3 Å². The summed E-state index contributed by atoms with van der Waals surface area (Å²) in [6.07, 6.45) is 3.70. The molecule has 0 saturated carbocycles. The molecule has 0 unspecified atom stereocenters. The Morgan fingerprint density at radius 2 is 2.00 bits per heavy atom. The highest BCUT2D eigenvalue weighted by atomic mass is 32.2. The van der Waals surface area contributed by atoms with Gasteiger partial charge in [0.1, 0.15) is 5.82 Å². The molecule has 4 nitrogen and oxygen atoms in total. The zero-order valence-electron chi connectivity index (χ0n) is 13.0. The van der Waals surface area contributed by atoms with Crippen molar-refractivity contribution in [2.75, 3.05) is 24.0 Å². The minimum absolute atomic E-state index is 0.0491.